The van der Waals surface area contributed by atoms with Gasteiger partial charge in [-0.05, 0) is 17.7 Å². The van der Waals surface area contributed by atoms with Crippen LogP contribution >= 0.6 is 15.9 Å². The van der Waals surface area contributed by atoms with E-state index < -0.39 is 5.97 Å². The topological polar surface area (TPSA) is 66.4 Å². The first-order valence-corrected chi connectivity index (χ1v) is 5.74. The molecule has 2 N–H and O–H groups in total. The third-order valence-corrected chi connectivity index (χ3v) is 2.70. The highest BCUT2D eigenvalue weighted by atomic mass is 79.9. The van der Waals surface area contributed by atoms with Crippen molar-refractivity contribution < 1.29 is 14.7 Å². The number of rotatable bonds is 4. The Bertz CT molecular complexity index is 469. The lowest BCUT2D eigenvalue weighted by Crippen LogP contribution is -2.19. The Kier molecular flexibility index (Phi) is 4.90. The molecular formula is C12H12BrNO3. The highest BCUT2D eigenvalue weighted by molar-refractivity contribution is 9.10. The number of carboxylic acids is 1. The molecule has 0 saturated carbocycles. The van der Waals surface area contributed by atoms with Crippen LogP contribution in [0.25, 0.3) is 6.08 Å². The molecule has 0 bridgehead atoms. The van der Waals surface area contributed by atoms with Gasteiger partial charge in [-0.3, -0.25) is 4.79 Å². The molecule has 1 aromatic rings. The first-order valence-electron chi connectivity index (χ1n) is 4.94. The summed E-state index contributed by atoms with van der Waals surface area (Å²) in [6.45, 7) is 1.90. The Morgan fingerprint density at radius 2 is 2.18 bits per heavy atom. The molecule has 0 aliphatic heterocycles. The predicted molar refractivity (Wildman–Crippen MR) is 68.8 cm³/mol. The molecule has 0 aromatic heterocycles. The largest absolute Gasteiger partial charge is 0.478 e. The van der Waals surface area contributed by atoms with Gasteiger partial charge in [0.25, 0.3) is 0 Å². The molecule has 17 heavy (non-hydrogen) atoms. The van der Waals surface area contributed by atoms with E-state index in [1.807, 2.05) is 6.08 Å². The van der Waals surface area contributed by atoms with E-state index in [0.29, 0.717) is 11.0 Å². The number of benzene rings is 1. The molecule has 0 saturated heterocycles. The van der Waals surface area contributed by atoms with E-state index in [4.69, 9.17) is 5.11 Å². The highest BCUT2D eigenvalue weighted by Crippen LogP contribution is 2.19. The van der Waals surface area contributed by atoms with Crippen LogP contribution < -0.4 is 5.32 Å². The van der Waals surface area contributed by atoms with Crippen LogP contribution in [0.4, 0.5) is 0 Å². The highest BCUT2D eigenvalue weighted by Gasteiger charge is 2.04. The number of carbonyl (C=O) groups is 2. The van der Waals surface area contributed by atoms with E-state index >= 15 is 0 Å². The molecule has 0 radical (unpaired) electrons. The maximum atomic E-state index is 10.7. The van der Waals surface area contributed by atoms with Crippen molar-refractivity contribution in [1.29, 1.82) is 0 Å². The van der Waals surface area contributed by atoms with Crippen molar-refractivity contribution in [2.75, 3.05) is 6.54 Å². The second kappa shape index (κ2) is 6.20. The van der Waals surface area contributed by atoms with E-state index in [1.165, 1.54) is 13.0 Å². The summed E-state index contributed by atoms with van der Waals surface area (Å²) in [7, 11) is 0. The van der Waals surface area contributed by atoms with Crippen molar-refractivity contribution in [3.05, 3.63) is 39.9 Å². The first kappa shape index (κ1) is 13.4. The number of carboxylic acid groups (broad SMARTS) is 1. The lowest BCUT2D eigenvalue weighted by Gasteiger charge is -2.01. The number of hydrogen-bond donors (Lipinski definition) is 2. The number of nitrogens with one attached hydrogen (secondary N) is 1. The zero-order valence-electron chi connectivity index (χ0n) is 9.24. The molecule has 1 rings (SSSR count). The molecule has 0 atom stereocenters. The van der Waals surface area contributed by atoms with Crippen molar-refractivity contribution >= 4 is 33.9 Å². The summed E-state index contributed by atoms with van der Waals surface area (Å²) >= 11 is 3.29. The quantitative estimate of drug-likeness (QED) is 0.896. The predicted octanol–water partition coefficient (Wildman–Crippen LogP) is 2.30. The Balaban J connectivity index is 2.72. The Morgan fingerprint density at radius 3 is 2.71 bits per heavy atom. The first-order chi connectivity index (χ1) is 8.00. The maximum Gasteiger partial charge on any atom is 0.335 e. The summed E-state index contributed by atoms with van der Waals surface area (Å²) in [5, 5.41) is 11.4. The lowest BCUT2D eigenvalue weighted by molar-refractivity contribution is -0.118. The fourth-order valence-electron chi connectivity index (χ4n) is 1.18. The van der Waals surface area contributed by atoms with Gasteiger partial charge in [-0.2, -0.15) is 0 Å². The number of hydrogen-bond acceptors (Lipinski definition) is 2. The van der Waals surface area contributed by atoms with E-state index in [2.05, 4.69) is 21.2 Å². The van der Waals surface area contributed by atoms with Gasteiger partial charge in [0.15, 0.2) is 0 Å². The SMILES string of the molecule is CC(=O)NCC=Cc1ccc(C(=O)O)cc1Br. The van der Waals surface area contributed by atoms with Crippen molar-refractivity contribution in [1.82, 2.24) is 5.32 Å². The van der Waals surface area contributed by atoms with Crippen LogP contribution in [-0.4, -0.2) is 23.5 Å². The summed E-state index contributed by atoms with van der Waals surface area (Å²) in [5.74, 6) is -1.05. The van der Waals surface area contributed by atoms with E-state index in [-0.39, 0.29) is 11.5 Å². The smallest absolute Gasteiger partial charge is 0.335 e. The Morgan fingerprint density at radius 1 is 1.47 bits per heavy atom. The molecule has 0 heterocycles. The number of carbonyl (C=O) groups excluding carboxylic acids is 1. The summed E-state index contributed by atoms with van der Waals surface area (Å²) in [6.07, 6.45) is 3.60. The average molecular weight is 298 g/mol. The summed E-state index contributed by atoms with van der Waals surface area (Å²) in [6, 6.07) is 4.78. The third-order valence-electron chi connectivity index (χ3n) is 2.01. The van der Waals surface area contributed by atoms with Crippen molar-refractivity contribution in [3.8, 4) is 0 Å². The Labute approximate surface area is 107 Å². The Hall–Kier alpha value is -1.62. The third kappa shape index (κ3) is 4.40. The number of aromatic carboxylic acids is 1. The second-order valence-electron chi connectivity index (χ2n) is 3.38. The van der Waals surface area contributed by atoms with Gasteiger partial charge in [0.05, 0.1) is 5.56 Å². The van der Waals surface area contributed by atoms with Gasteiger partial charge in [-0.15, -0.1) is 0 Å². The van der Waals surface area contributed by atoms with E-state index in [1.54, 1.807) is 18.2 Å². The molecule has 0 aliphatic rings. The molecule has 0 aliphatic carbocycles. The zero-order valence-corrected chi connectivity index (χ0v) is 10.8. The van der Waals surface area contributed by atoms with Crippen molar-refractivity contribution in [3.63, 3.8) is 0 Å². The molecule has 1 aromatic carbocycles. The molecular weight excluding hydrogens is 286 g/mol. The minimum atomic E-state index is -0.959. The van der Waals surface area contributed by atoms with E-state index in [9.17, 15) is 9.59 Å². The lowest BCUT2D eigenvalue weighted by atomic mass is 10.1. The number of halogens is 1. The van der Waals surface area contributed by atoms with Gasteiger partial charge in [0.2, 0.25) is 5.91 Å². The molecule has 4 nitrogen and oxygen atoms in total. The average Bonchev–Trinajstić information content (AvgIpc) is 2.25. The molecule has 0 unspecified atom stereocenters. The van der Waals surface area contributed by atoms with Gasteiger partial charge in [0, 0.05) is 17.9 Å². The van der Waals surface area contributed by atoms with Crippen LogP contribution in [0.5, 0.6) is 0 Å². The second-order valence-corrected chi connectivity index (χ2v) is 4.24. The van der Waals surface area contributed by atoms with Gasteiger partial charge < -0.3 is 10.4 Å². The van der Waals surface area contributed by atoms with Crippen LogP contribution in [0.3, 0.4) is 0 Å². The molecule has 0 fully saturated rings. The van der Waals surface area contributed by atoms with Crippen LogP contribution in [0.1, 0.15) is 22.8 Å². The minimum Gasteiger partial charge on any atom is -0.478 e. The fourth-order valence-corrected chi connectivity index (χ4v) is 1.69. The van der Waals surface area contributed by atoms with Gasteiger partial charge in [-0.25, -0.2) is 4.79 Å². The zero-order chi connectivity index (χ0) is 12.8. The van der Waals surface area contributed by atoms with Crippen molar-refractivity contribution in [2.24, 2.45) is 0 Å². The standard InChI is InChI=1S/C12H12BrNO3/c1-8(15)14-6-2-3-9-4-5-10(12(16)17)7-11(9)13/h2-5,7H,6H2,1H3,(H,14,15)(H,16,17). The summed E-state index contributed by atoms with van der Waals surface area (Å²) in [5.41, 5.74) is 1.09. The normalized spacial score (nSPS) is 10.5. The summed E-state index contributed by atoms with van der Waals surface area (Å²) < 4.78 is 0.705. The van der Waals surface area contributed by atoms with Gasteiger partial charge in [-0.1, -0.05) is 34.1 Å². The molecule has 90 valence electrons. The molecule has 0 spiro atoms. The molecule has 5 heteroatoms. The van der Waals surface area contributed by atoms with Gasteiger partial charge >= 0.3 is 5.97 Å². The molecule has 1 amide bonds. The van der Waals surface area contributed by atoms with E-state index in [0.717, 1.165) is 5.56 Å². The fraction of sp³-hybridized carbons (Fsp3) is 0.167. The number of amides is 1. The van der Waals surface area contributed by atoms with Crippen LogP contribution in [0, 0.1) is 0 Å². The van der Waals surface area contributed by atoms with Crippen LogP contribution in [0.15, 0.2) is 28.7 Å². The maximum absolute atomic E-state index is 10.7. The minimum absolute atomic E-state index is 0.0880. The van der Waals surface area contributed by atoms with Crippen molar-refractivity contribution in [2.45, 2.75) is 6.92 Å². The monoisotopic (exact) mass is 297 g/mol. The summed E-state index contributed by atoms with van der Waals surface area (Å²) in [4.78, 5) is 21.3. The van der Waals surface area contributed by atoms with Crippen LogP contribution in [0.2, 0.25) is 0 Å². The van der Waals surface area contributed by atoms with Gasteiger partial charge in [0.1, 0.15) is 0 Å². The van der Waals surface area contributed by atoms with Crippen LogP contribution in [-0.2, 0) is 4.79 Å².